The highest BCUT2D eigenvalue weighted by molar-refractivity contribution is 7.52. The summed E-state index contributed by atoms with van der Waals surface area (Å²) in [6, 6.07) is 8.35. The number of aliphatic hydroxyl groups excluding tert-OH is 1. The van der Waals surface area contributed by atoms with Crippen molar-refractivity contribution in [3.05, 3.63) is 63.5 Å². The number of nitrogens with one attached hydrogen (secondary N) is 1. The number of esters is 1. The van der Waals surface area contributed by atoms with Gasteiger partial charge in [0.1, 0.15) is 29.9 Å². The van der Waals surface area contributed by atoms with Crippen molar-refractivity contribution in [2.24, 2.45) is 5.11 Å². The molecule has 15 nitrogen and oxygen atoms in total. The first kappa shape index (κ1) is 29.8. The Balaban J connectivity index is 2.27. The van der Waals surface area contributed by atoms with Crippen LogP contribution >= 0.6 is 7.75 Å². The van der Waals surface area contributed by atoms with Gasteiger partial charge in [0.05, 0.1) is 25.9 Å². The van der Waals surface area contributed by atoms with Crippen molar-refractivity contribution in [2.45, 2.75) is 45.2 Å². The van der Waals surface area contributed by atoms with Gasteiger partial charge in [0.15, 0.2) is 0 Å². The highest BCUT2D eigenvalue weighted by Crippen LogP contribution is 2.45. The van der Waals surface area contributed by atoms with E-state index >= 15 is 0 Å². The molecule has 0 radical (unpaired) electrons. The molecule has 0 aliphatic carbocycles. The molecule has 0 fully saturated rings. The predicted octanol–water partition coefficient (Wildman–Crippen LogP) is 2.15. The Morgan fingerprint density at radius 2 is 2.03 bits per heavy atom. The lowest BCUT2D eigenvalue weighted by atomic mass is 10.2. The Kier molecular flexibility index (Phi) is 11.5. The Labute approximate surface area is 212 Å². The van der Waals surface area contributed by atoms with E-state index < -0.39 is 50.5 Å². The quantitative estimate of drug-likeness (QED) is 0.0980. The molecule has 0 spiro atoms. The number of benzene rings is 1. The zero-order chi connectivity index (χ0) is 27.4. The van der Waals surface area contributed by atoms with E-state index in [9.17, 15) is 19.3 Å². The molecule has 202 valence electrons. The summed E-state index contributed by atoms with van der Waals surface area (Å²) in [5.41, 5.74) is 13.5. The van der Waals surface area contributed by atoms with Gasteiger partial charge < -0.3 is 24.8 Å². The molecule has 2 aromatic rings. The summed E-state index contributed by atoms with van der Waals surface area (Å²) in [7, 11) is -4.24. The van der Waals surface area contributed by atoms with Crippen molar-refractivity contribution in [2.75, 3.05) is 25.5 Å². The fraction of sp³-hybridized carbons (Fsp3) is 0.476. The van der Waals surface area contributed by atoms with Crippen molar-refractivity contribution in [1.82, 2.24) is 14.6 Å². The van der Waals surface area contributed by atoms with E-state index in [0.717, 1.165) is 4.57 Å². The molecule has 37 heavy (non-hydrogen) atoms. The molecule has 1 aromatic heterocycles. The number of anilines is 1. The Hall–Kier alpha value is -3.45. The van der Waals surface area contributed by atoms with Crippen molar-refractivity contribution < 1.29 is 33.0 Å². The number of aliphatic hydroxyl groups is 1. The van der Waals surface area contributed by atoms with Crippen molar-refractivity contribution in [1.29, 1.82) is 0 Å². The lowest BCUT2D eigenvalue weighted by Crippen LogP contribution is -2.39. The van der Waals surface area contributed by atoms with Crippen molar-refractivity contribution in [3.8, 4) is 5.75 Å². The van der Waals surface area contributed by atoms with Crippen LogP contribution in [0.15, 0.2) is 52.5 Å². The number of para-hydroxylation sites is 1. The van der Waals surface area contributed by atoms with E-state index in [1.807, 2.05) is 0 Å². The van der Waals surface area contributed by atoms with Crippen LogP contribution in [0.1, 0.15) is 27.0 Å². The number of hydrogen-bond donors (Lipinski definition) is 3. The molecule has 4 N–H and O–H groups in total. The maximum absolute atomic E-state index is 13.6. The number of ether oxygens (including phenoxy) is 2. The van der Waals surface area contributed by atoms with Crippen LogP contribution < -0.4 is 21.0 Å². The van der Waals surface area contributed by atoms with Crippen LogP contribution in [0.4, 0.5) is 5.82 Å². The number of carbonyl (C=O) groups excluding carboxylic acids is 1. The van der Waals surface area contributed by atoms with E-state index in [-0.39, 0.29) is 24.7 Å². The van der Waals surface area contributed by atoms with Crippen LogP contribution in [0.3, 0.4) is 0 Å². The average molecular weight is 539 g/mol. The van der Waals surface area contributed by atoms with Gasteiger partial charge in [-0.2, -0.15) is 10.1 Å². The average Bonchev–Trinajstić information content (AvgIpc) is 2.84. The predicted molar refractivity (Wildman–Crippen MR) is 132 cm³/mol. The SMILES string of the molecule is CCOC(=O)[C@H](C)NP(=O)(OC[C@@H](O[C@H](CN=[N+]=[N-])n1ccc(N)nc1=O)C(C)O)Oc1ccccc1. The first-order valence-electron chi connectivity index (χ1n) is 11.2. The van der Waals surface area contributed by atoms with Crippen LogP contribution in [-0.4, -0.2) is 58.6 Å². The van der Waals surface area contributed by atoms with E-state index in [1.54, 1.807) is 25.1 Å². The van der Waals surface area contributed by atoms with E-state index in [2.05, 4.69) is 20.1 Å². The third-order valence-electron chi connectivity index (χ3n) is 4.70. The molecular formula is C21H30N7O8P. The highest BCUT2D eigenvalue weighted by atomic mass is 31.2. The number of azide groups is 1. The normalized spacial score (nSPS) is 15.9. The number of rotatable bonds is 15. The first-order valence-corrected chi connectivity index (χ1v) is 12.8. The van der Waals surface area contributed by atoms with Crippen molar-refractivity contribution >= 4 is 19.5 Å². The minimum absolute atomic E-state index is 0.0278. The Morgan fingerprint density at radius 1 is 1.32 bits per heavy atom. The molecule has 1 heterocycles. The fourth-order valence-corrected chi connectivity index (χ4v) is 4.38. The molecule has 2 unspecified atom stereocenters. The zero-order valence-corrected chi connectivity index (χ0v) is 21.4. The van der Waals surface area contributed by atoms with Crippen molar-refractivity contribution in [3.63, 3.8) is 0 Å². The molecule has 5 atom stereocenters. The smallest absolute Gasteiger partial charge is 0.459 e. The maximum atomic E-state index is 13.6. The number of nitrogen functional groups attached to an aromatic ring is 1. The lowest BCUT2D eigenvalue weighted by molar-refractivity contribution is -0.144. The minimum Gasteiger partial charge on any atom is -0.465 e. The molecule has 0 aliphatic heterocycles. The van der Waals surface area contributed by atoms with Gasteiger partial charge in [-0.05, 0) is 44.5 Å². The second-order valence-corrected chi connectivity index (χ2v) is 9.32. The summed E-state index contributed by atoms with van der Waals surface area (Å²) in [4.78, 5) is 30.7. The molecule has 0 aliphatic rings. The summed E-state index contributed by atoms with van der Waals surface area (Å²) < 4.78 is 36.5. The standard InChI is InChI=1S/C21H30N7O8P/c1-4-33-20(30)14(2)26-37(32,36-16-8-6-5-7-9-16)34-13-17(15(3)29)35-19(12-24-27-23)28-11-10-18(22)25-21(28)31/h5-11,14-15,17,19,29H,4,12-13H2,1-3H3,(H,26,32)(H2,22,25,31)/t14-,15?,17+,19+,37?/m0/s1. The molecule has 1 aromatic carbocycles. The number of nitrogens with zero attached hydrogens (tertiary/aromatic N) is 5. The van der Waals surface area contributed by atoms with Crippen LogP contribution in [0.5, 0.6) is 5.75 Å². The maximum Gasteiger partial charge on any atom is 0.459 e. The van der Waals surface area contributed by atoms with Gasteiger partial charge in [-0.15, -0.1) is 0 Å². The fourth-order valence-electron chi connectivity index (χ4n) is 2.88. The van der Waals surface area contributed by atoms with E-state index in [4.69, 9.17) is 29.8 Å². The third-order valence-corrected chi connectivity index (χ3v) is 6.35. The third kappa shape index (κ3) is 9.50. The van der Waals surface area contributed by atoms with Crippen LogP contribution in [-0.2, 0) is 23.4 Å². The van der Waals surface area contributed by atoms with Gasteiger partial charge in [-0.3, -0.25) is 13.9 Å². The zero-order valence-electron chi connectivity index (χ0n) is 20.5. The Bertz CT molecular complexity index is 1170. The molecule has 0 bridgehead atoms. The van der Waals surface area contributed by atoms with Crippen LogP contribution in [0, 0.1) is 0 Å². The molecule has 0 saturated heterocycles. The molecule has 2 rings (SSSR count). The molecule has 16 heteroatoms. The molecular weight excluding hydrogens is 509 g/mol. The highest BCUT2D eigenvalue weighted by Gasteiger charge is 2.34. The summed E-state index contributed by atoms with van der Waals surface area (Å²) in [5, 5.41) is 16.3. The minimum atomic E-state index is -4.24. The lowest BCUT2D eigenvalue weighted by Gasteiger charge is -2.29. The summed E-state index contributed by atoms with van der Waals surface area (Å²) in [6.45, 7) is 3.66. The van der Waals surface area contributed by atoms with Crippen LogP contribution in [0.2, 0.25) is 0 Å². The second kappa shape index (κ2) is 14.3. The largest absolute Gasteiger partial charge is 0.465 e. The van der Waals surface area contributed by atoms with Gasteiger partial charge in [-0.1, -0.05) is 23.3 Å². The number of aromatic nitrogens is 2. The summed E-state index contributed by atoms with van der Waals surface area (Å²) in [6.07, 6.45) is -2.33. The monoisotopic (exact) mass is 539 g/mol. The van der Waals surface area contributed by atoms with Crippen LogP contribution in [0.25, 0.3) is 10.4 Å². The Morgan fingerprint density at radius 3 is 2.62 bits per heavy atom. The van der Waals surface area contributed by atoms with Gasteiger partial charge in [0.25, 0.3) is 0 Å². The van der Waals surface area contributed by atoms with Gasteiger partial charge in [0.2, 0.25) is 0 Å². The second-order valence-electron chi connectivity index (χ2n) is 7.63. The summed E-state index contributed by atoms with van der Waals surface area (Å²) >= 11 is 0. The number of nitrogens with two attached hydrogens (primary N) is 1. The van der Waals surface area contributed by atoms with Gasteiger partial charge >= 0.3 is 19.4 Å². The topological polar surface area (TPSA) is 213 Å². The van der Waals surface area contributed by atoms with E-state index in [1.165, 1.54) is 38.2 Å². The van der Waals surface area contributed by atoms with Gasteiger partial charge in [-0.25, -0.2) is 9.36 Å². The number of carbonyl (C=O) groups is 1. The summed E-state index contributed by atoms with van der Waals surface area (Å²) in [5.74, 6) is -0.527. The first-order chi connectivity index (χ1) is 17.6. The van der Waals surface area contributed by atoms with E-state index in [0.29, 0.717) is 0 Å². The number of hydrogen-bond acceptors (Lipinski definition) is 11. The molecule has 0 saturated carbocycles. The van der Waals surface area contributed by atoms with Gasteiger partial charge in [0, 0.05) is 11.1 Å². The molecule has 0 amide bonds.